The number of nitrogens with zero attached hydrogens (tertiary/aromatic N) is 1. The monoisotopic (exact) mass is 243 g/mol. The molecule has 0 spiro atoms. The van der Waals surface area contributed by atoms with Crippen LogP contribution in [0.2, 0.25) is 0 Å². The molecule has 1 aromatic rings. The molecule has 0 aliphatic heterocycles. The van der Waals surface area contributed by atoms with Gasteiger partial charge < -0.3 is 11.9 Å². The number of nitrogen functional groups attached to an aromatic ring is 1. The number of rotatable bonds is 2. The predicted octanol–water partition coefficient (Wildman–Crippen LogP) is 2.54. The Kier molecular flexibility index (Phi) is 3.27. The molecule has 3 nitrogen and oxygen atoms in total. The zero-order valence-electron chi connectivity index (χ0n) is 7.46. The molecule has 0 amide bonds. The molecule has 5 N–H and O–H groups in total. The summed E-state index contributed by atoms with van der Waals surface area (Å²) in [7, 11) is 0. The van der Waals surface area contributed by atoms with Gasteiger partial charge >= 0.3 is 0 Å². The van der Waals surface area contributed by atoms with Gasteiger partial charge in [0.1, 0.15) is 5.82 Å². The van der Waals surface area contributed by atoms with Crippen molar-refractivity contribution in [3.63, 3.8) is 0 Å². The van der Waals surface area contributed by atoms with E-state index in [0.29, 0.717) is 5.82 Å². The van der Waals surface area contributed by atoms with E-state index in [2.05, 4.69) is 27.0 Å². The van der Waals surface area contributed by atoms with E-state index in [4.69, 9.17) is 5.73 Å². The van der Waals surface area contributed by atoms with E-state index < -0.39 is 0 Å². The fraction of sp³-hybridized carbons (Fsp3) is 0.444. The van der Waals surface area contributed by atoms with E-state index >= 15 is 0 Å². The van der Waals surface area contributed by atoms with E-state index in [1.807, 2.05) is 0 Å². The molecule has 0 unspecified atom stereocenters. The van der Waals surface area contributed by atoms with Crippen LogP contribution in [0.25, 0.3) is 0 Å². The smallest absolute Gasteiger partial charge is 0.126 e. The first-order chi connectivity index (χ1) is 5.75. The molecular formula is C9H14BrN3. The van der Waals surface area contributed by atoms with Crippen molar-refractivity contribution in [2.75, 3.05) is 5.73 Å². The molecule has 1 saturated carbocycles. The normalized spacial score (nSPS) is 15.2. The van der Waals surface area contributed by atoms with Crippen LogP contribution in [0.3, 0.4) is 0 Å². The number of anilines is 1. The summed E-state index contributed by atoms with van der Waals surface area (Å²) in [5.41, 5.74) is 6.92. The number of hydrogen-bond donors (Lipinski definition) is 2. The van der Waals surface area contributed by atoms with Crippen molar-refractivity contribution in [1.29, 1.82) is 0 Å². The van der Waals surface area contributed by atoms with E-state index in [1.165, 1.54) is 18.4 Å². The van der Waals surface area contributed by atoms with Crippen molar-refractivity contribution in [3.8, 4) is 0 Å². The highest BCUT2D eigenvalue weighted by atomic mass is 79.9. The van der Waals surface area contributed by atoms with Crippen LogP contribution in [0, 0.1) is 5.92 Å². The summed E-state index contributed by atoms with van der Waals surface area (Å²) in [6.07, 6.45) is 5.54. The van der Waals surface area contributed by atoms with Crippen LogP contribution >= 0.6 is 15.9 Å². The number of aromatic nitrogens is 1. The van der Waals surface area contributed by atoms with E-state index in [0.717, 1.165) is 16.8 Å². The standard InChI is InChI=1S/C9H11BrN2.H3N/c10-8-4-7(3-6-1-2-6)9(11)12-5-8;/h4-6H,1-3H2,(H2,11,12);1H3. The fourth-order valence-electron chi connectivity index (χ4n) is 1.29. The lowest BCUT2D eigenvalue weighted by atomic mass is 10.1. The van der Waals surface area contributed by atoms with E-state index in [9.17, 15) is 0 Å². The molecule has 0 bridgehead atoms. The van der Waals surface area contributed by atoms with E-state index in [1.54, 1.807) is 6.20 Å². The quantitative estimate of drug-likeness (QED) is 0.839. The van der Waals surface area contributed by atoms with Gasteiger partial charge in [0.15, 0.2) is 0 Å². The Hall–Kier alpha value is -0.610. The Morgan fingerprint density at radius 2 is 2.23 bits per heavy atom. The topological polar surface area (TPSA) is 73.9 Å². The summed E-state index contributed by atoms with van der Waals surface area (Å²) in [5, 5.41) is 0. The third kappa shape index (κ3) is 2.67. The molecular weight excluding hydrogens is 230 g/mol. The Labute approximate surface area is 86.4 Å². The minimum absolute atomic E-state index is 0. The maximum Gasteiger partial charge on any atom is 0.126 e. The zero-order chi connectivity index (χ0) is 8.55. The van der Waals surface area contributed by atoms with Gasteiger partial charge in [-0.25, -0.2) is 4.98 Å². The third-order valence-corrected chi connectivity index (χ3v) is 2.61. The second kappa shape index (κ2) is 4.07. The molecule has 2 rings (SSSR count). The van der Waals surface area contributed by atoms with Gasteiger partial charge in [0.2, 0.25) is 0 Å². The Morgan fingerprint density at radius 1 is 1.54 bits per heavy atom. The Morgan fingerprint density at radius 3 is 2.85 bits per heavy atom. The Bertz CT molecular complexity index is 297. The molecule has 0 saturated heterocycles. The molecule has 4 heteroatoms. The van der Waals surface area contributed by atoms with Gasteiger partial charge in [-0.05, 0) is 52.7 Å². The largest absolute Gasteiger partial charge is 0.383 e. The van der Waals surface area contributed by atoms with Gasteiger partial charge in [0.25, 0.3) is 0 Å². The number of halogens is 1. The van der Waals surface area contributed by atoms with Crippen molar-refractivity contribution in [3.05, 3.63) is 22.3 Å². The molecule has 13 heavy (non-hydrogen) atoms. The average molecular weight is 244 g/mol. The second-order valence-corrected chi connectivity index (χ2v) is 4.26. The maximum absolute atomic E-state index is 5.73. The van der Waals surface area contributed by atoms with Crippen molar-refractivity contribution in [1.82, 2.24) is 11.1 Å². The van der Waals surface area contributed by atoms with Crippen molar-refractivity contribution >= 4 is 21.7 Å². The van der Waals surface area contributed by atoms with Gasteiger partial charge in [0.05, 0.1) is 0 Å². The third-order valence-electron chi connectivity index (χ3n) is 2.17. The summed E-state index contributed by atoms with van der Waals surface area (Å²) < 4.78 is 1.02. The Balaban J connectivity index is 0.000000845. The first kappa shape index (κ1) is 10.5. The summed E-state index contributed by atoms with van der Waals surface area (Å²) in [4.78, 5) is 4.09. The van der Waals surface area contributed by atoms with Crippen LogP contribution < -0.4 is 11.9 Å². The van der Waals surface area contributed by atoms with Crippen LogP contribution in [-0.2, 0) is 6.42 Å². The minimum Gasteiger partial charge on any atom is -0.383 e. The molecule has 1 heterocycles. The van der Waals surface area contributed by atoms with E-state index in [-0.39, 0.29) is 6.15 Å². The molecule has 0 radical (unpaired) electrons. The zero-order valence-corrected chi connectivity index (χ0v) is 9.05. The second-order valence-electron chi connectivity index (χ2n) is 3.35. The summed E-state index contributed by atoms with van der Waals surface area (Å²) >= 11 is 3.39. The SMILES string of the molecule is N.Nc1ncc(Br)cc1CC1CC1. The fourth-order valence-corrected chi connectivity index (χ4v) is 1.67. The first-order valence-corrected chi connectivity index (χ1v) is 4.95. The predicted molar refractivity (Wildman–Crippen MR) is 57.8 cm³/mol. The molecule has 1 aliphatic rings. The van der Waals surface area contributed by atoms with Gasteiger partial charge in [-0.3, -0.25) is 0 Å². The lowest BCUT2D eigenvalue weighted by Crippen LogP contribution is -1.98. The van der Waals surface area contributed by atoms with Gasteiger partial charge in [-0.15, -0.1) is 0 Å². The summed E-state index contributed by atoms with van der Waals surface area (Å²) in [6.45, 7) is 0. The number of nitrogens with two attached hydrogens (primary N) is 1. The van der Waals surface area contributed by atoms with Gasteiger partial charge in [-0.2, -0.15) is 0 Å². The molecule has 0 aromatic carbocycles. The van der Waals surface area contributed by atoms with Crippen molar-refractivity contribution in [2.24, 2.45) is 5.92 Å². The highest BCUT2D eigenvalue weighted by molar-refractivity contribution is 9.10. The van der Waals surface area contributed by atoms with Crippen LogP contribution in [0.15, 0.2) is 16.7 Å². The summed E-state index contributed by atoms with van der Waals surface area (Å²) in [6, 6.07) is 2.07. The first-order valence-electron chi connectivity index (χ1n) is 4.15. The lowest BCUT2D eigenvalue weighted by Gasteiger charge is -2.03. The van der Waals surface area contributed by atoms with Gasteiger partial charge in [-0.1, -0.05) is 0 Å². The molecule has 0 atom stereocenters. The van der Waals surface area contributed by atoms with Crippen molar-refractivity contribution in [2.45, 2.75) is 19.3 Å². The molecule has 1 aliphatic carbocycles. The lowest BCUT2D eigenvalue weighted by molar-refractivity contribution is 0.829. The number of hydrogen-bond acceptors (Lipinski definition) is 3. The molecule has 1 fully saturated rings. The summed E-state index contributed by atoms with van der Waals surface area (Å²) in [5.74, 6) is 1.55. The molecule has 1 aromatic heterocycles. The van der Waals surface area contributed by atoms with Crippen molar-refractivity contribution < 1.29 is 0 Å². The molecule has 72 valence electrons. The highest BCUT2D eigenvalue weighted by Gasteiger charge is 2.22. The average Bonchev–Trinajstić information content (AvgIpc) is 2.81. The van der Waals surface area contributed by atoms with Gasteiger partial charge in [0, 0.05) is 10.7 Å². The van der Waals surface area contributed by atoms with Crippen LogP contribution in [-0.4, -0.2) is 4.98 Å². The maximum atomic E-state index is 5.73. The van der Waals surface area contributed by atoms with Crippen LogP contribution in [0.1, 0.15) is 18.4 Å². The minimum atomic E-state index is 0. The van der Waals surface area contributed by atoms with Crippen LogP contribution in [0.4, 0.5) is 5.82 Å². The number of pyridine rings is 1. The highest BCUT2D eigenvalue weighted by Crippen LogP contribution is 2.34. The van der Waals surface area contributed by atoms with Crippen LogP contribution in [0.5, 0.6) is 0 Å².